The third-order valence-electron chi connectivity index (χ3n) is 11.0. The second-order valence-electron chi connectivity index (χ2n) is 14.1. The Morgan fingerprint density at radius 3 is 1.55 bits per heavy atom. The van der Waals surface area contributed by atoms with Gasteiger partial charge in [0.1, 0.15) is 0 Å². The number of fused-ring (bicyclic) bond motifs is 6. The lowest BCUT2D eigenvalue weighted by Gasteiger charge is -2.48. The first-order valence-electron chi connectivity index (χ1n) is 17.0. The summed E-state index contributed by atoms with van der Waals surface area (Å²) >= 11 is 0. The maximum atomic E-state index is 4.96. The molecule has 0 aliphatic heterocycles. The number of para-hydroxylation sites is 1. The van der Waals surface area contributed by atoms with E-state index in [4.69, 9.17) is 15.0 Å². The van der Waals surface area contributed by atoms with E-state index in [-0.39, 0.29) is 10.8 Å². The number of nitrogens with zero attached hydrogens (tertiary/aromatic N) is 4. The smallest absolute Gasteiger partial charge is 0.164 e. The Kier molecular flexibility index (Phi) is 6.47. The monoisotopic (exact) mass is 632 g/mol. The zero-order chi connectivity index (χ0) is 33.3. The molecular formula is C45H36N4. The van der Waals surface area contributed by atoms with Crippen LogP contribution >= 0.6 is 0 Å². The summed E-state index contributed by atoms with van der Waals surface area (Å²) in [7, 11) is 0. The minimum absolute atomic E-state index is 0.0196. The summed E-state index contributed by atoms with van der Waals surface area (Å²) in [4.78, 5) is 14.8. The van der Waals surface area contributed by atoms with Crippen molar-refractivity contribution < 1.29 is 0 Å². The van der Waals surface area contributed by atoms with Gasteiger partial charge < -0.3 is 4.57 Å². The van der Waals surface area contributed by atoms with Gasteiger partial charge in [-0.05, 0) is 75.5 Å². The molecule has 1 aliphatic carbocycles. The molecule has 2 heterocycles. The molecule has 2 aromatic heterocycles. The van der Waals surface area contributed by atoms with Crippen LogP contribution in [0.3, 0.4) is 0 Å². The predicted molar refractivity (Wildman–Crippen MR) is 202 cm³/mol. The van der Waals surface area contributed by atoms with E-state index in [1.165, 1.54) is 44.1 Å². The third-order valence-corrected chi connectivity index (χ3v) is 11.0. The van der Waals surface area contributed by atoms with Crippen molar-refractivity contribution >= 4 is 21.8 Å². The normalized spacial score (nSPS) is 14.4. The Morgan fingerprint density at radius 2 is 0.918 bits per heavy atom. The van der Waals surface area contributed by atoms with Crippen LogP contribution in [0.5, 0.6) is 0 Å². The Labute approximate surface area is 286 Å². The molecule has 0 amide bonds. The van der Waals surface area contributed by atoms with Gasteiger partial charge in [0.05, 0.1) is 11.0 Å². The van der Waals surface area contributed by atoms with Crippen molar-refractivity contribution in [3.8, 4) is 51.0 Å². The Bertz CT molecular complexity index is 2470. The third kappa shape index (κ3) is 4.48. The molecule has 0 N–H and O–H groups in total. The molecule has 0 unspecified atom stereocenters. The molecule has 0 fully saturated rings. The zero-order valence-electron chi connectivity index (χ0n) is 28.1. The number of rotatable bonds is 4. The van der Waals surface area contributed by atoms with Gasteiger partial charge in [-0.1, -0.05) is 131 Å². The van der Waals surface area contributed by atoms with Crippen molar-refractivity contribution in [2.45, 2.75) is 38.5 Å². The number of hydrogen-bond donors (Lipinski definition) is 0. The van der Waals surface area contributed by atoms with Gasteiger partial charge in [0.2, 0.25) is 0 Å². The van der Waals surface area contributed by atoms with Crippen molar-refractivity contribution in [2.75, 3.05) is 0 Å². The van der Waals surface area contributed by atoms with E-state index in [1.54, 1.807) is 0 Å². The van der Waals surface area contributed by atoms with E-state index < -0.39 is 0 Å². The average Bonchev–Trinajstić information content (AvgIpc) is 3.48. The van der Waals surface area contributed by atoms with Gasteiger partial charge in [-0.2, -0.15) is 0 Å². The van der Waals surface area contributed by atoms with Crippen molar-refractivity contribution in [1.82, 2.24) is 19.5 Å². The van der Waals surface area contributed by atoms with Gasteiger partial charge >= 0.3 is 0 Å². The molecule has 0 saturated heterocycles. The van der Waals surface area contributed by atoms with Gasteiger partial charge in [-0.25, -0.2) is 15.0 Å². The van der Waals surface area contributed by atoms with E-state index in [9.17, 15) is 0 Å². The van der Waals surface area contributed by atoms with Crippen LogP contribution in [0.25, 0.3) is 72.8 Å². The first kappa shape index (κ1) is 29.3. The summed E-state index contributed by atoms with van der Waals surface area (Å²) in [6.45, 7) is 9.59. The summed E-state index contributed by atoms with van der Waals surface area (Å²) in [5.41, 5.74) is 11.7. The quantitative estimate of drug-likeness (QED) is 0.194. The van der Waals surface area contributed by atoms with Crippen LogP contribution in [0.4, 0.5) is 0 Å². The lowest BCUT2D eigenvalue weighted by Crippen LogP contribution is -2.43. The fourth-order valence-electron chi connectivity index (χ4n) is 7.67. The summed E-state index contributed by atoms with van der Waals surface area (Å²) < 4.78 is 2.41. The first-order valence-corrected chi connectivity index (χ1v) is 17.0. The molecule has 8 aromatic rings. The molecule has 6 aromatic carbocycles. The van der Waals surface area contributed by atoms with Crippen molar-refractivity contribution in [1.29, 1.82) is 0 Å². The van der Waals surface area contributed by atoms with Crippen LogP contribution in [0.1, 0.15) is 38.8 Å². The first-order chi connectivity index (χ1) is 23.8. The maximum absolute atomic E-state index is 4.96. The van der Waals surface area contributed by atoms with E-state index in [0.717, 1.165) is 22.4 Å². The minimum atomic E-state index is -0.0581. The molecule has 0 spiro atoms. The SMILES string of the molecule is CC1(C)c2ccccc2-c2cc3c(cc2C1(C)C)c1ccccc1n3-c1ccc(-c2nc(-c3ccccc3)nc(-c3ccccc3)n2)cc1. The summed E-state index contributed by atoms with van der Waals surface area (Å²) in [6, 6.07) is 51.5. The largest absolute Gasteiger partial charge is 0.309 e. The highest BCUT2D eigenvalue weighted by Gasteiger charge is 2.46. The van der Waals surface area contributed by atoms with Gasteiger partial charge in [-0.3, -0.25) is 0 Å². The average molecular weight is 633 g/mol. The number of hydrogen-bond acceptors (Lipinski definition) is 3. The number of aromatic nitrogens is 4. The van der Waals surface area contributed by atoms with E-state index >= 15 is 0 Å². The van der Waals surface area contributed by atoms with Crippen LogP contribution in [-0.4, -0.2) is 19.5 Å². The van der Waals surface area contributed by atoms with Crippen LogP contribution in [0, 0.1) is 0 Å². The molecule has 0 saturated carbocycles. The van der Waals surface area contributed by atoms with Crippen LogP contribution in [-0.2, 0) is 10.8 Å². The van der Waals surface area contributed by atoms with Gasteiger partial charge in [-0.15, -0.1) is 0 Å². The maximum Gasteiger partial charge on any atom is 0.164 e. The summed E-state index contributed by atoms with van der Waals surface area (Å²) in [5.74, 6) is 1.97. The van der Waals surface area contributed by atoms with Gasteiger partial charge in [0.25, 0.3) is 0 Å². The number of benzene rings is 6. The minimum Gasteiger partial charge on any atom is -0.309 e. The fraction of sp³-hybridized carbons (Fsp3) is 0.133. The summed E-state index contributed by atoms with van der Waals surface area (Å²) in [6.07, 6.45) is 0. The van der Waals surface area contributed by atoms with Crippen molar-refractivity contribution in [3.05, 3.63) is 157 Å². The Morgan fingerprint density at radius 1 is 0.408 bits per heavy atom. The highest BCUT2D eigenvalue weighted by Crippen LogP contribution is 2.55. The van der Waals surface area contributed by atoms with E-state index in [0.29, 0.717) is 17.5 Å². The van der Waals surface area contributed by atoms with E-state index in [1.807, 2.05) is 60.7 Å². The lowest BCUT2D eigenvalue weighted by molar-refractivity contribution is 0.299. The van der Waals surface area contributed by atoms with Crippen LogP contribution in [0.2, 0.25) is 0 Å². The second-order valence-corrected chi connectivity index (χ2v) is 14.1. The zero-order valence-corrected chi connectivity index (χ0v) is 28.1. The van der Waals surface area contributed by atoms with Crippen molar-refractivity contribution in [2.24, 2.45) is 0 Å². The predicted octanol–water partition coefficient (Wildman–Crippen LogP) is 11.2. The molecule has 0 radical (unpaired) electrons. The van der Waals surface area contributed by atoms with Gasteiger partial charge in [0, 0.05) is 33.2 Å². The Balaban J connectivity index is 1.22. The van der Waals surface area contributed by atoms with Crippen LogP contribution < -0.4 is 0 Å². The molecular weight excluding hydrogens is 597 g/mol. The molecule has 49 heavy (non-hydrogen) atoms. The molecule has 4 heteroatoms. The summed E-state index contributed by atoms with van der Waals surface area (Å²) in [5, 5.41) is 2.54. The topological polar surface area (TPSA) is 43.6 Å². The molecule has 0 bridgehead atoms. The van der Waals surface area contributed by atoms with Crippen LogP contribution in [0.15, 0.2) is 146 Å². The molecule has 1 aliphatic rings. The fourth-order valence-corrected chi connectivity index (χ4v) is 7.67. The molecule has 9 rings (SSSR count). The molecule has 236 valence electrons. The molecule has 0 atom stereocenters. The van der Waals surface area contributed by atoms with Gasteiger partial charge in [0.15, 0.2) is 17.5 Å². The lowest BCUT2D eigenvalue weighted by atomic mass is 9.55. The Hall–Kier alpha value is -5.87. The highest BCUT2D eigenvalue weighted by molar-refractivity contribution is 6.11. The van der Waals surface area contributed by atoms with E-state index in [2.05, 4.69) is 117 Å². The molecule has 4 nitrogen and oxygen atoms in total. The standard InChI is InChI=1S/C45H36N4/c1-44(2)37-21-13-11-19-33(37)35-28-40-36(27-38(35)45(44,3)4)34-20-12-14-22-39(34)49(40)32-25-23-31(24-26-32)43-47-41(29-15-7-5-8-16-29)46-42(48-43)30-17-9-6-10-18-30/h5-28H,1-4H3. The van der Waals surface area contributed by atoms with Crippen molar-refractivity contribution in [3.63, 3.8) is 0 Å². The second kappa shape index (κ2) is 10.8. The highest BCUT2D eigenvalue weighted by atomic mass is 15.0.